The van der Waals surface area contributed by atoms with Crippen molar-refractivity contribution in [3.05, 3.63) is 18.3 Å². The van der Waals surface area contributed by atoms with Gasteiger partial charge in [-0.15, -0.1) is 0 Å². The third kappa shape index (κ3) is 2.91. The molecule has 3 nitrogen and oxygen atoms in total. The smallest absolute Gasteiger partial charge is 0.151 e. The van der Waals surface area contributed by atoms with Gasteiger partial charge in [-0.2, -0.15) is 0 Å². The number of hydrogen-bond donors (Lipinski definition) is 1. The highest BCUT2D eigenvalue weighted by Crippen LogP contribution is 2.22. The molecule has 0 radical (unpaired) electrons. The molecule has 0 unspecified atom stereocenters. The molecule has 14 heavy (non-hydrogen) atoms. The first kappa shape index (κ1) is 10.8. The van der Waals surface area contributed by atoms with E-state index < -0.39 is 0 Å². The molecule has 0 saturated heterocycles. The first-order valence-corrected chi connectivity index (χ1v) is 4.82. The van der Waals surface area contributed by atoms with Crippen LogP contribution in [0.1, 0.15) is 20.8 Å². The quantitative estimate of drug-likeness (QED) is 0.782. The Kier molecular flexibility index (Phi) is 2.99. The highest BCUT2D eigenvalue weighted by Gasteiger charge is 2.15. The second-order valence-electron chi connectivity index (χ2n) is 4.83. The average Bonchev–Trinajstić information content (AvgIpc) is 2.01. The number of nitrogen functional groups attached to an aromatic ring is 1. The number of anilines is 2. The lowest BCUT2D eigenvalue weighted by Gasteiger charge is -2.28. The minimum Gasteiger partial charge on any atom is -0.396 e. The van der Waals surface area contributed by atoms with E-state index in [1.165, 1.54) is 0 Å². The summed E-state index contributed by atoms with van der Waals surface area (Å²) in [6.07, 6.45) is 1.77. The third-order valence-corrected chi connectivity index (χ3v) is 1.89. The van der Waals surface area contributed by atoms with Crippen LogP contribution in [0.15, 0.2) is 18.3 Å². The van der Waals surface area contributed by atoms with Gasteiger partial charge in [0.1, 0.15) is 0 Å². The maximum absolute atomic E-state index is 5.84. The zero-order chi connectivity index (χ0) is 10.8. The van der Waals surface area contributed by atoms with Crippen molar-refractivity contribution < 1.29 is 0 Å². The summed E-state index contributed by atoms with van der Waals surface area (Å²) in [4.78, 5) is 6.36. The Labute approximate surface area is 85.9 Å². The lowest BCUT2D eigenvalue weighted by molar-refractivity contribution is 0.418. The van der Waals surface area contributed by atoms with Gasteiger partial charge < -0.3 is 10.6 Å². The molecule has 1 heterocycles. The number of rotatable bonds is 2. The Hall–Kier alpha value is -1.25. The average molecular weight is 193 g/mol. The van der Waals surface area contributed by atoms with Gasteiger partial charge in [0.15, 0.2) is 5.82 Å². The van der Waals surface area contributed by atoms with Gasteiger partial charge in [-0.05, 0) is 17.5 Å². The van der Waals surface area contributed by atoms with E-state index in [1.54, 1.807) is 6.20 Å². The number of nitrogens with zero attached hydrogens (tertiary/aromatic N) is 2. The van der Waals surface area contributed by atoms with Crippen molar-refractivity contribution in [1.29, 1.82) is 0 Å². The van der Waals surface area contributed by atoms with Crippen LogP contribution >= 0.6 is 0 Å². The van der Waals surface area contributed by atoms with E-state index in [-0.39, 0.29) is 5.41 Å². The van der Waals surface area contributed by atoms with E-state index in [4.69, 9.17) is 5.73 Å². The molecule has 1 rings (SSSR count). The zero-order valence-electron chi connectivity index (χ0n) is 9.41. The van der Waals surface area contributed by atoms with Crippen LogP contribution in [0.2, 0.25) is 0 Å². The fourth-order valence-corrected chi connectivity index (χ4v) is 1.51. The Morgan fingerprint density at radius 1 is 1.43 bits per heavy atom. The van der Waals surface area contributed by atoms with Crippen LogP contribution in [0.3, 0.4) is 0 Å². The van der Waals surface area contributed by atoms with Crippen molar-refractivity contribution in [3.8, 4) is 0 Å². The van der Waals surface area contributed by atoms with E-state index in [0.29, 0.717) is 0 Å². The Morgan fingerprint density at radius 3 is 2.57 bits per heavy atom. The van der Waals surface area contributed by atoms with Crippen LogP contribution in [0.4, 0.5) is 11.5 Å². The lowest BCUT2D eigenvalue weighted by atomic mass is 9.96. The molecule has 0 aliphatic heterocycles. The summed E-state index contributed by atoms with van der Waals surface area (Å²) in [5, 5.41) is 0. The van der Waals surface area contributed by atoms with Gasteiger partial charge in [0.25, 0.3) is 0 Å². The Bertz CT molecular complexity index is 302. The Morgan fingerprint density at radius 2 is 2.07 bits per heavy atom. The summed E-state index contributed by atoms with van der Waals surface area (Å²) in [6.45, 7) is 7.53. The van der Waals surface area contributed by atoms with Crippen LogP contribution in [0.5, 0.6) is 0 Å². The normalized spacial score (nSPS) is 11.4. The molecule has 0 aliphatic rings. The van der Waals surface area contributed by atoms with Crippen LogP contribution in [0, 0.1) is 5.41 Å². The predicted octanol–water partition coefficient (Wildman–Crippen LogP) is 2.15. The number of pyridine rings is 1. The molecule has 0 spiro atoms. The molecular weight excluding hydrogens is 174 g/mol. The molecule has 0 aromatic carbocycles. The summed E-state index contributed by atoms with van der Waals surface area (Å²) in [6, 6.07) is 3.73. The summed E-state index contributed by atoms with van der Waals surface area (Å²) < 4.78 is 0. The summed E-state index contributed by atoms with van der Waals surface area (Å²) >= 11 is 0. The second kappa shape index (κ2) is 3.86. The van der Waals surface area contributed by atoms with Crippen LogP contribution < -0.4 is 10.6 Å². The van der Waals surface area contributed by atoms with Gasteiger partial charge in [0.05, 0.1) is 5.69 Å². The molecule has 0 atom stereocenters. The summed E-state index contributed by atoms with van der Waals surface area (Å²) in [5.41, 5.74) is 6.82. The molecule has 0 fully saturated rings. The largest absolute Gasteiger partial charge is 0.396 e. The maximum Gasteiger partial charge on any atom is 0.151 e. The topological polar surface area (TPSA) is 42.2 Å². The van der Waals surface area contributed by atoms with Gasteiger partial charge in [0, 0.05) is 19.8 Å². The van der Waals surface area contributed by atoms with E-state index >= 15 is 0 Å². The number of nitrogens with two attached hydrogens (primary N) is 1. The fourth-order valence-electron chi connectivity index (χ4n) is 1.51. The molecule has 0 amide bonds. The van der Waals surface area contributed by atoms with Gasteiger partial charge >= 0.3 is 0 Å². The first-order valence-electron chi connectivity index (χ1n) is 4.82. The first-order chi connectivity index (χ1) is 6.40. The highest BCUT2D eigenvalue weighted by molar-refractivity contribution is 5.61. The number of aromatic nitrogens is 1. The molecule has 1 aromatic heterocycles. The van der Waals surface area contributed by atoms with Crippen molar-refractivity contribution in [3.63, 3.8) is 0 Å². The molecule has 0 saturated carbocycles. The standard InChI is InChI=1S/C11H19N3/c1-11(2,3)8-14(4)10-9(12)6-5-7-13-10/h5-7H,8,12H2,1-4H3. The van der Waals surface area contributed by atoms with Crippen molar-refractivity contribution in [1.82, 2.24) is 4.98 Å². The van der Waals surface area contributed by atoms with Gasteiger partial charge in [0.2, 0.25) is 0 Å². The van der Waals surface area contributed by atoms with Gasteiger partial charge in [-0.1, -0.05) is 20.8 Å². The van der Waals surface area contributed by atoms with Gasteiger partial charge in [-0.3, -0.25) is 0 Å². The molecule has 2 N–H and O–H groups in total. The van der Waals surface area contributed by atoms with E-state index in [0.717, 1.165) is 18.1 Å². The summed E-state index contributed by atoms with van der Waals surface area (Å²) in [7, 11) is 2.02. The van der Waals surface area contributed by atoms with E-state index in [1.807, 2.05) is 19.2 Å². The SMILES string of the molecule is CN(CC(C)(C)C)c1ncccc1N. The highest BCUT2D eigenvalue weighted by atomic mass is 15.2. The minimum atomic E-state index is 0.249. The second-order valence-corrected chi connectivity index (χ2v) is 4.83. The van der Waals surface area contributed by atoms with Crippen molar-refractivity contribution in [2.24, 2.45) is 5.41 Å². The van der Waals surface area contributed by atoms with Crippen LogP contribution in [-0.4, -0.2) is 18.6 Å². The van der Waals surface area contributed by atoms with Crippen molar-refractivity contribution >= 4 is 11.5 Å². The van der Waals surface area contributed by atoms with E-state index in [2.05, 4.69) is 30.7 Å². The zero-order valence-corrected chi connectivity index (χ0v) is 9.41. The van der Waals surface area contributed by atoms with Gasteiger partial charge in [-0.25, -0.2) is 4.98 Å². The third-order valence-electron chi connectivity index (χ3n) is 1.89. The summed E-state index contributed by atoms with van der Waals surface area (Å²) in [5.74, 6) is 0.863. The van der Waals surface area contributed by atoms with E-state index in [9.17, 15) is 0 Å². The van der Waals surface area contributed by atoms with Crippen LogP contribution in [0.25, 0.3) is 0 Å². The predicted molar refractivity (Wildman–Crippen MR) is 61.4 cm³/mol. The molecule has 3 heteroatoms. The number of hydrogen-bond acceptors (Lipinski definition) is 3. The van der Waals surface area contributed by atoms with Crippen molar-refractivity contribution in [2.45, 2.75) is 20.8 Å². The minimum absolute atomic E-state index is 0.249. The lowest BCUT2D eigenvalue weighted by Crippen LogP contribution is -2.30. The monoisotopic (exact) mass is 193 g/mol. The molecule has 0 aliphatic carbocycles. The maximum atomic E-state index is 5.84. The fraction of sp³-hybridized carbons (Fsp3) is 0.545. The molecular formula is C11H19N3. The Balaban J connectivity index is 2.80. The molecule has 1 aromatic rings. The molecule has 78 valence electrons. The molecule has 0 bridgehead atoms. The van der Waals surface area contributed by atoms with Crippen LogP contribution in [-0.2, 0) is 0 Å². The van der Waals surface area contributed by atoms with Crippen molar-refractivity contribution in [2.75, 3.05) is 24.2 Å².